The summed E-state index contributed by atoms with van der Waals surface area (Å²) in [7, 11) is 1.27. The second-order valence-electron chi connectivity index (χ2n) is 4.26. The third-order valence-electron chi connectivity index (χ3n) is 2.82. The molecule has 0 atom stereocenters. The number of rotatable bonds is 3. The molecule has 0 aliphatic rings. The van der Waals surface area contributed by atoms with E-state index in [4.69, 9.17) is 17.3 Å². The number of nitrogens with one attached hydrogen (secondary N) is 1. The highest BCUT2D eigenvalue weighted by Gasteiger charge is 2.17. The molecule has 0 spiro atoms. The smallest absolute Gasteiger partial charge is 0.339 e. The molecular weight excluding hydrogens is 312 g/mol. The molecule has 3 N–H and O–H groups in total. The molecule has 110 valence electrons. The summed E-state index contributed by atoms with van der Waals surface area (Å²) in [6.07, 6.45) is 0. The number of hydrogen-bond acceptors (Lipinski definition) is 5. The molecule has 0 saturated heterocycles. The van der Waals surface area contributed by atoms with Crippen LogP contribution in [0.25, 0.3) is 0 Å². The number of ether oxygens (including phenoxy) is 1. The van der Waals surface area contributed by atoms with Gasteiger partial charge in [-0.05, 0) is 31.2 Å². The van der Waals surface area contributed by atoms with Crippen LogP contribution in [0, 0.1) is 6.92 Å². The van der Waals surface area contributed by atoms with E-state index >= 15 is 0 Å². The summed E-state index contributed by atoms with van der Waals surface area (Å²) >= 11 is 7.18. The lowest BCUT2D eigenvalue weighted by molar-refractivity contribution is 0.0602. The average molecular weight is 325 g/mol. The van der Waals surface area contributed by atoms with Gasteiger partial charge in [-0.15, -0.1) is 11.3 Å². The molecule has 7 heteroatoms. The van der Waals surface area contributed by atoms with Crippen LogP contribution >= 0.6 is 22.9 Å². The van der Waals surface area contributed by atoms with Crippen molar-refractivity contribution in [3.05, 3.63) is 44.6 Å². The van der Waals surface area contributed by atoms with Gasteiger partial charge in [0.15, 0.2) is 0 Å². The van der Waals surface area contributed by atoms with Gasteiger partial charge in [-0.3, -0.25) is 4.79 Å². The molecule has 0 unspecified atom stereocenters. The Bertz CT molecular complexity index is 693. The zero-order valence-corrected chi connectivity index (χ0v) is 13.0. The van der Waals surface area contributed by atoms with Crippen LogP contribution in [0.5, 0.6) is 0 Å². The monoisotopic (exact) mass is 324 g/mol. The number of hydrogen-bond donors (Lipinski definition) is 2. The molecule has 0 aliphatic carbocycles. The van der Waals surface area contributed by atoms with Crippen molar-refractivity contribution < 1.29 is 14.3 Å². The van der Waals surface area contributed by atoms with E-state index in [-0.39, 0.29) is 11.5 Å². The molecule has 1 aromatic heterocycles. The second-order valence-corrected chi connectivity index (χ2v) is 5.95. The van der Waals surface area contributed by atoms with Crippen LogP contribution in [0.15, 0.2) is 24.3 Å². The molecule has 0 radical (unpaired) electrons. The Morgan fingerprint density at radius 3 is 2.62 bits per heavy atom. The minimum atomic E-state index is -0.552. The molecule has 0 bridgehead atoms. The fraction of sp³-hybridized carbons (Fsp3) is 0.143. The number of nitrogens with two attached hydrogens (primary N) is 1. The summed E-state index contributed by atoms with van der Waals surface area (Å²) in [5.41, 5.74) is 6.82. The number of halogens is 1. The largest absolute Gasteiger partial charge is 0.465 e. The van der Waals surface area contributed by atoms with E-state index in [1.807, 2.05) is 6.92 Å². The normalized spacial score (nSPS) is 10.2. The quantitative estimate of drug-likeness (QED) is 0.848. The summed E-state index contributed by atoms with van der Waals surface area (Å²) in [5.74, 6) is -0.906. The second kappa shape index (κ2) is 6.15. The van der Waals surface area contributed by atoms with Crippen molar-refractivity contribution in [2.24, 2.45) is 0 Å². The Balaban J connectivity index is 2.32. The van der Waals surface area contributed by atoms with Crippen LogP contribution in [0.4, 0.5) is 11.4 Å². The van der Waals surface area contributed by atoms with Crippen molar-refractivity contribution in [1.29, 1.82) is 0 Å². The minimum absolute atomic E-state index is 0.233. The zero-order chi connectivity index (χ0) is 15.6. The van der Waals surface area contributed by atoms with Gasteiger partial charge in [0.25, 0.3) is 5.91 Å². The maximum atomic E-state index is 12.2. The van der Waals surface area contributed by atoms with Crippen molar-refractivity contribution in [2.45, 2.75) is 6.92 Å². The van der Waals surface area contributed by atoms with E-state index < -0.39 is 5.97 Å². The minimum Gasteiger partial charge on any atom is -0.465 e. The van der Waals surface area contributed by atoms with Gasteiger partial charge in [0.2, 0.25) is 0 Å². The van der Waals surface area contributed by atoms with Crippen LogP contribution in [-0.4, -0.2) is 19.0 Å². The lowest BCUT2D eigenvalue weighted by Gasteiger charge is -2.09. The number of benzene rings is 1. The van der Waals surface area contributed by atoms with Gasteiger partial charge in [0, 0.05) is 15.6 Å². The summed E-state index contributed by atoms with van der Waals surface area (Å²) in [6, 6.07) is 6.14. The van der Waals surface area contributed by atoms with Gasteiger partial charge in [0.05, 0.1) is 23.2 Å². The number of amides is 1. The predicted octanol–water partition coefficient (Wildman–Crippen LogP) is 3.33. The highest BCUT2D eigenvalue weighted by atomic mass is 35.5. The van der Waals surface area contributed by atoms with E-state index in [1.165, 1.54) is 30.6 Å². The van der Waals surface area contributed by atoms with E-state index in [2.05, 4.69) is 10.1 Å². The number of nitrogen functional groups attached to an aromatic ring is 1. The Kier molecular flexibility index (Phi) is 4.50. The van der Waals surface area contributed by atoms with E-state index in [0.29, 0.717) is 21.3 Å². The molecule has 1 amide bonds. The van der Waals surface area contributed by atoms with Crippen molar-refractivity contribution in [3.63, 3.8) is 0 Å². The first-order valence-electron chi connectivity index (χ1n) is 5.97. The molecule has 5 nitrogen and oxygen atoms in total. The third kappa shape index (κ3) is 3.34. The molecule has 2 rings (SSSR count). The van der Waals surface area contributed by atoms with E-state index in [9.17, 15) is 9.59 Å². The van der Waals surface area contributed by atoms with Gasteiger partial charge in [-0.2, -0.15) is 0 Å². The SMILES string of the molecule is COC(=O)c1ccc(Cl)cc1NC(=O)c1cc(N)c(C)s1. The van der Waals surface area contributed by atoms with Crippen LogP contribution in [-0.2, 0) is 4.74 Å². The summed E-state index contributed by atoms with van der Waals surface area (Å²) in [4.78, 5) is 25.2. The maximum Gasteiger partial charge on any atom is 0.339 e. The van der Waals surface area contributed by atoms with E-state index in [0.717, 1.165) is 4.88 Å². The average Bonchev–Trinajstić information content (AvgIpc) is 2.78. The van der Waals surface area contributed by atoms with Gasteiger partial charge in [-0.1, -0.05) is 11.6 Å². The third-order valence-corrected chi connectivity index (χ3v) is 4.12. The lowest BCUT2D eigenvalue weighted by atomic mass is 10.1. The molecule has 0 fully saturated rings. The summed E-state index contributed by atoms with van der Waals surface area (Å²) in [5, 5.41) is 3.06. The van der Waals surface area contributed by atoms with Crippen molar-refractivity contribution in [2.75, 3.05) is 18.2 Å². The molecule has 21 heavy (non-hydrogen) atoms. The van der Waals surface area contributed by atoms with Gasteiger partial charge < -0.3 is 15.8 Å². The summed E-state index contributed by atoms with van der Waals surface area (Å²) in [6.45, 7) is 1.83. The summed E-state index contributed by atoms with van der Waals surface area (Å²) < 4.78 is 4.68. The lowest BCUT2D eigenvalue weighted by Crippen LogP contribution is -2.14. The Morgan fingerprint density at radius 2 is 2.05 bits per heavy atom. The molecule has 2 aromatic rings. The van der Waals surface area contributed by atoms with Gasteiger partial charge in [-0.25, -0.2) is 4.79 Å². The van der Waals surface area contributed by atoms with Crippen LogP contribution in [0.2, 0.25) is 5.02 Å². The van der Waals surface area contributed by atoms with Gasteiger partial charge >= 0.3 is 5.97 Å². The van der Waals surface area contributed by atoms with Crippen LogP contribution in [0.3, 0.4) is 0 Å². The van der Waals surface area contributed by atoms with E-state index in [1.54, 1.807) is 12.1 Å². The first-order valence-corrected chi connectivity index (χ1v) is 7.17. The number of methoxy groups -OCH3 is 1. The maximum absolute atomic E-state index is 12.2. The Labute approximate surface area is 130 Å². The highest BCUT2D eigenvalue weighted by Crippen LogP contribution is 2.26. The number of esters is 1. The first-order chi connectivity index (χ1) is 9.92. The van der Waals surface area contributed by atoms with Crippen molar-refractivity contribution in [1.82, 2.24) is 0 Å². The molecule has 0 saturated carbocycles. The van der Waals surface area contributed by atoms with Gasteiger partial charge in [0.1, 0.15) is 0 Å². The topological polar surface area (TPSA) is 81.4 Å². The van der Waals surface area contributed by atoms with Crippen LogP contribution < -0.4 is 11.1 Å². The molecular formula is C14H13ClN2O3S. The fourth-order valence-electron chi connectivity index (χ4n) is 1.70. The first kappa shape index (κ1) is 15.3. The number of carbonyl (C=O) groups is 2. The fourth-order valence-corrected chi connectivity index (χ4v) is 2.71. The number of anilines is 2. The Morgan fingerprint density at radius 1 is 1.33 bits per heavy atom. The number of thiophene rings is 1. The number of aryl methyl sites for hydroxylation is 1. The standard InChI is InChI=1S/C14H13ClN2O3S/c1-7-10(16)6-12(21-7)13(18)17-11-5-8(15)3-4-9(11)14(19)20-2/h3-6H,16H2,1-2H3,(H,17,18). The molecule has 1 heterocycles. The van der Waals surface area contributed by atoms with Crippen LogP contribution in [0.1, 0.15) is 24.9 Å². The Hall–Kier alpha value is -2.05. The van der Waals surface area contributed by atoms with Crippen molar-refractivity contribution in [3.8, 4) is 0 Å². The predicted molar refractivity (Wildman–Crippen MR) is 84.2 cm³/mol. The molecule has 1 aromatic carbocycles. The highest BCUT2D eigenvalue weighted by molar-refractivity contribution is 7.14. The molecule has 0 aliphatic heterocycles. The zero-order valence-electron chi connectivity index (χ0n) is 11.4. The number of carbonyl (C=O) groups excluding carboxylic acids is 2. The van der Waals surface area contributed by atoms with Crippen molar-refractivity contribution >= 4 is 46.2 Å².